The minimum Gasteiger partial charge on any atom is -0.382 e. The zero-order valence-corrected chi connectivity index (χ0v) is 28.0. The monoisotopic (exact) mass is 651 g/mol. The minimum absolute atomic E-state index is 0.143. The molecule has 0 aromatic carbocycles. The molecule has 0 aromatic heterocycles. The van der Waals surface area contributed by atoms with E-state index >= 15 is 0 Å². The van der Waals surface area contributed by atoms with E-state index in [4.69, 9.17) is 52.1 Å². The van der Waals surface area contributed by atoms with Crippen LogP contribution in [0.25, 0.3) is 0 Å². The van der Waals surface area contributed by atoms with Crippen molar-refractivity contribution in [1.29, 1.82) is 0 Å². The standard InChI is InChI=1S/C31H61N3O11/c1-35-13-15-38-17-18-41-25-31(44-20-19-39-16-14-36-2)45-30(29-22-33(8-12-43-29)7-10-42-26-37-3)23-34-9-11-40-24-28(34)27-5-4-6-32-21-27/h27-32H,4-26H2,1-3H3. The van der Waals surface area contributed by atoms with Crippen LogP contribution >= 0.6 is 0 Å². The minimum atomic E-state index is -0.597. The van der Waals surface area contributed by atoms with Gasteiger partial charge in [0, 0.05) is 60.1 Å². The Kier molecular flexibility index (Phi) is 22.0. The van der Waals surface area contributed by atoms with Gasteiger partial charge in [-0.2, -0.15) is 0 Å². The number of methoxy groups -OCH3 is 3. The Morgan fingerprint density at radius 1 is 0.822 bits per heavy atom. The Morgan fingerprint density at radius 3 is 2.36 bits per heavy atom. The predicted octanol–water partition coefficient (Wildman–Crippen LogP) is 0.0786. The van der Waals surface area contributed by atoms with Crippen molar-refractivity contribution in [3.63, 3.8) is 0 Å². The van der Waals surface area contributed by atoms with Gasteiger partial charge in [0.2, 0.25) is 0 Å². The fourth-order valence-corrected chi connectivity index (χ4v) is 5.85. The third kappa shape index (κ3) is 16.4. The van der Waals surface area contributed by atoms with Gasteiger partial charge in [0.15, 0.2) is 6.29 Å². The first-order valence-electron chi connectivity index (χ1n) is 16.7. The van der Waals surface area contributed by atoms with Crippen molar-refractivity contribution in [2.75, 3.05) is 160 Å². The van der Waals surface area contributed by atoms with Gasteiger partial charge in [-0.3, -0.25) is 9.80 Å². The lowest BCUT2D eigenvalue weighted by Crippen LogP contribution is -2.59. The highest BCUT2D eigenvalue weighted by atomic mass is 16.7. The van der Waals surface area contributed by atoms with Crippen molar-refractivity contribution in [2.24, 2.45) is 5.92 Å². The van der Waals surface area contributed by atoms with Gasteiger partial charge >= 0.3 is 0 Å². The Morgan fingerprint density at radius 2 is 1.60 bits per heavy atom. The third-order valence-electron chi connectivity index (χ3n) is 8.27. The van der Waals surface area contributed by atoms with Crippen molar-refractivity contribution in [1.82, 2.24) is 15.1 Å². The lowest BCUT2D eigenvalue weighted by atomic mass is 9.90. The normalized spacial score (nSPS) is 25.0. The van der Waals surface area contributed by atoms with Crippen molar-refractivity contribution in [2.45, 2.75) is 37.4 Å². The van der Waals surface area contributed by atoms with E-state index in [2.05, 4.69) is 15.1 Å². The average Bonchev–Trinajstić information content (AvgIpc) is 3.08. The van der Waals surface area contributed by atoms with E-state index in [9.17, 15) is 0 Å². The van der Waals surface area contributed by atoms with Crippen LogP contribution in [-0.4, -0.2) is 194 Å². The summed E-state index contributed by atoms with van der Waals surface area (Å²) < 4.78 is 63.3. The smallest absolute Gasteiger partial charge is 0.181 e. The molecule has 0 spiro atoms. The van der Waals surface area contributed by atoms with Gasteiger partial charge in [-0.05, 0) is 31.8 Å². The second kappa shape index (κ2) is 25.5. The Labute approximate surface area is 270 Å². The molecule has 0 saturated carbocycles. The quantitative estimate of drug-likeness (QED) is 0.100. The number of hydrogen-bond donors (Lipinski definition) is 1. The molecule has 3 aliphatic heterocycles. The number of nitrogens with zero attached hydrogens (tertiary/aromatic N) is 2. The molecule has 3 rings (SSSR count). The van der Waals surface area contributed by atoms with Crippen LogP contribution in [0.2, 0.25) is 0 Å². The summed E-state index contributed by atoms with van der Waals surface area (Å²) in [5.41, 5.74) is 0. The summed E-state index contributed by atoms with van der Waals surface area (Å²) in [4.78, 5) is 4.92. The first-order chi connectivity index (χ1) is 22.2. The number of ether oxygens (including phenoxy) is 11. The molecule has 0 aliphatic carbocycles. The van der Waals surface area contributed by atoms with Crippen molar-refractivity contribution in [3.05, 3.63) is 0 Å². The van der Waals surface area contributed by atoms with E-state index in [1.807, 2.05) is 0 Å². The maximum absolute atomic E-state index is 6.80. The highest BCUT2D eigenvalue weighted by Gasteiger charge is 2.37. The number of nitrogens with one attached hydrogen (secondary N) is 1. The van der Waals surface area contributed by atoms with E-state index in [1.165, 1.54) is 12.8 Å². The summed E-state index contributed by atoms with van der Waals surface area (Å²) in [7, 11) is 4.95. The molecule has 0 radical (unpaired) electrons. The van der Waals surface area contributed by atoms with E-state index in [-0.39, 0.29) is 18.8 Å². The van der Waals surface area contributed by atoms with Gasteiger partial charge in [-0.1, -0.05) is 0 Å². The highest BCUT2D eigenvalue weighted by Crippen LogP contribution is 2.25. The molecule has 5 unspecified atom stereocenters. The zero-order chi connectivity index (χ0) is 31.8. The van der Waals surface area contributed by atoms with Crippen LogP contribution in [0.15, 0.2) is 0 Å². The summed E-state index contributed by atoms with van der Waals surface area (Å²) in [6.45, 7) is 13.1. The number of piperidine rings is 1. The van der Waals surface area contributed by atoms with Crippen molar-refractivity contribution in [3.8, 4) is 0 Å². The van der Waals surface area contributed by atoms with Crippen molar-refractivity contribution >= 4 is 0 Å². The van der Waals surface area contributed by atoms with Gasteiger partial charge < -0.3 is 57.4 Å². The van der Waals surface area contributed by atoms with Crippen LogP contribution in [0.1, 0.15) is 12.8 Å². The molecule has 14 nitrogen and oxygen atoms in total. The zero-order valence-electron chi connectivity index (χ0n) is 28.0. The maximum Gasteiger partial charge on any atom is 0.181 e. The van der Waals surface area contributed by atoms with E-state index in [0.717, 1.165) is 45.9 Å². The van der Waals surface area contributed by atoms with Gasteiger partial charge in [-0.25, -0.2) is 0 Å². The fourth-order valence-electron chi connectivity index (χ4n) is 5.85. The lowest BCUT2D eigenvalue weighted by Gasteiger charge is -2.45. The molecular weight excluding hydrogens is 590 g/mol. The van der Waals surface area contributed by atoms with Crippen LogP contribution in [-0.2, 0) is 52.1 Å². The molecule has 45 heavy (non-hydrogen) atoms. The molecule has 3 aliphatic rings. The molecule has 14 heteroatoms. The van der Waals surface area contributed by atoms with Gasteiger partial charge in [0.1, 0.15) is 12.9 Å². The summed E-state index contributed by atoms with van der Waals surface area (Å²) in [6.07, 6.45) is 1.41. The molecule has 0 amide bonds. The van der Waals surface area contributed by atoms with Gasteiger partial charge in [0.25, 0.3) is 0 Å². The van der Waals surface area contributed by atoms with Crippen LogP contribution < -0.4 is 5.32 Å². The summed E-state index contributed by atoms with van der Waals surface area (Å²) in [5, 5.41) is 3.58. The summed E-state index contributed by atoms with van der Waals surface area (Å²) in [6, 6.07) is 0.328. The second-order valence-corrected chi connectivity index (χ2v) is 11.5. The predicted molar refractivity (Wildman–Crippen MR) is 167 cm³/mol. The molecule has 3 saturated heterocycles. The Balaban J connectivity index is 1.66. The number of morpholine rings is 2. The SMILES string of the molecule is COCCOCCOCC(OCCOCCOC)OC(CN1CCOCC1C1CCCNC1)C1CN(CCOCOC)CCO1. The molecule has 1 N–H and O–H groups in total. The molecule has 0 aromatic rings. The van der Waals surface area contributed by atoms with Crippen molar-refractivity contribution < 1.29 is 52.1 Å². The largest absolute Gasteiger partial charge is 0.382 e. The van der Waals surface area contributed by atoms with E-state index in [1.54, 1.807) is 21.3 Å². The highest BCUT2D eigenvalue weighted by molar-refractivity contribution is 4.89. The first-order valence-corrected chi connectivity index (χ1v) is 16.7. The van der Waals surface area contributed by atoms with Gasteiger partial charge in [0.05, 0.1) is 92.0 Å². The summed E-state index contributed by atoms with van der Waals surface area (Å²) in [5.74, 6) is 0.541. The molecule has 3 fully saturated rings. The first kappa shape index (κ1) is 38.9. The summed E-state index contributed by atoms with van der Waals surface area (Å²) >= 11 is 0. The number of hydrogen-bond acceptors (Lipinski definition) is 14. The Hall–Kier alpha value is -0.560. The fraction of sp³-hybridized carbons (Fsp3) is 1.00. The molecule has 3 heterocycles. The van der Waals surface area contributed by atoms with E-state index < -0.39 is 6.29 Å². The third-order valence-corrected chi connectivity index (χ3v) is 8.27. The molecule has 0 bridgehead atoms. The lowest BCUT2D eigenvalue weighted by molar-refractivity contribution is -0.235. The van der Waals surface area contributed by atoms with Crippen LogP contribution in [0, 0.1) is 5.92 Å². The van der Waals surface area contributed by atoms with Gasteiger partial charge in [-0.15, -0.1) is 0 Å². The average molecular weight is 652 g/mol. The van der Waals surface area contributed by atoms with Crippen LogP contribution in [0.5, 0.6) is 0 Å². The van der Waals surface area contributed by atoms with E-state index in [0.29, 0.717) is 98.0 Å². The topological polar surface area (TPSA) is 120 Å². The Bertz CT molecular complexity index is 695. The number of rotatable bonds is 26. The van der Waals surface area contributed by atoms with Crippen LogP contribution in [0.4, 0.5) is 0 Å². The molecule has 266 valence electrons. The molecule has 5 atom stereocenters. The van der Waals surface area contributed by atoms with Crippen LogP contribution in [0.3, 0.4) is 0 Å². The maximum atomic E-state index is 6.80. The molecular formula is C31H61N3O11. The second-order valence-electron chi connectivity index (χ2n) is 11.5.